The van der Waals surface area contributed by atoms with Gasteiger partial charge in [-0.1, -0.05) is 36.0 Å². The summed E-state index contributed by atoms with van der Waals surface area (Å²) in [6.07, 6.45) is 0. The van der Waals surface area contributed by atoms with E-state index in [9.17, 15) is 14.4 Å². The Hall–Kier alpha value is -3.85. The Labute approximate surface area is 193 Å². The third kappa shape index (κ3) is 3.70. The Morgan fingerprint density at radius 2 is 1.61 bits per heavy atom. The lowest BCUT2D eigenvalue weighted by Crippen LogP contribution is -2.24. The second-order valence-electron chi connectivity index (χ2n) is 7.86. The van der Waals surface area contributed by atoms with Crippen molar-refractivity contribution in [2.75, 3.05) is 5.32 Å². The number of benzene rings is 2. The summed E-state index contributed by atoms with van der Waals surface area (Å²) in [5.74, 6) is -0.208. The first-order chi connectivity index (χ1) is 15.8. The van der Waals surface area contributed by atoms with E-state index in [-0.39, 0.29) is 23.0 Å². The molecule has 1 N–H and O–H groups in total. The Kier molecular flexibility index (Phi) is 5.05. The fourth-order valence-corrected chi connectivity index (χ4v) is 4.58. The molecular weight excluding hydrogens is 438 g/mol. The summed E-state index contributed by atoms with van der Waals surface area (Å²) in [4.78, 5) is 47.2. The number of ketones is 2. The van der Waals surface area contributed by atoms with Crippen molar-refractivity contribution in [2.24, 2.45) is 0 Å². The monoisotopic (exact) mass is 457 g/mol. The molecule has 2 aromatic heterocycles. The normalized spacial score (nSPS) is 13.5. The van der Waals surface area contributed by atoms with Crippen LogP contribution in [-0.4, -0.2) is 42.3 Å². The van der Waals surface area contributed by atoms with E-state index < -0.39 is 5.25 Å². The van der Waals surface area contributed by atoms with E-state index in [0.29, 0.717) is 33.3 Å². The molecule has 2 heterocycles. The molecule has 0 spiro atoms. The van der Waals surface area contributed by atoms with Gasteiger partial charge in [-0.25, -0.2) is 9.50 Å². The molecule has 1 amide bonds. The summed E-state index contributed by atoms with van der Waals surface area (Å²) in [5, 5.41) is 7.19. The van der Waals surface area contributed by atoms with Crippen molar-refractivity contribution < 1.29 is 14.4 Å². The van der Waals surface area contributed by atoms with Gasteiger partial charge in [0, 0.05) is 39.3 Å². The van der Waals surface area contributed by atoms with Gasteiger partial charge in [-0.3, -0.25) is 14.4 Å². The SMILES string of the molecule is Cc1cc(C)n2nc(SC(C)C(=O)Nc3ccc4c(c3)C(=O)c3ccccc3C4=O)nc2n1. The zero-order valence-corrected chi connectivity index (χ0v) is 18.9. The number of thioether (sulfide) groups is 1. The molecule has 0 radical (unpaired) electrons. The van der Waals surface area contributed by atoms with Crippen LogP contribution in [0.1, 0.15) is 50.2 Å². The molecule has 1 aliphatic carbocycles. The van der Waals surface area contributed by atoms with Crippen LogP contribution in [0.4, 0.5) is 5.69 Å². The molecular formula is C24H19N5O3S. The Bertz CT molecular complexity index is 1480. The minimum Gasteiger partial charge on any atom is -0.325 e. The lowest BCUT2D eigenvalue weighted by molar-refractivity contribution is -0.115. The minimum absolute atomic E-state index is 0.195. The van der Waals surface area contributed by atoms with Crippen molar-refractivity contribution in [1.29, 1.82) is 0 Å². The molecule has 164 valence electrons. The molecule has 1 unspecified atom stereocenters. The van der Waals surface area contributed by atoms with Crippen molar-refractivity contribution in [2.45, 2.75) is 31.2 Å². The molecule has 0 saturated heterocycles. The molecule has 1 atom stereocenters. The smallest absolute Gasteiger partial charge is 0.253 e. The highest BCUT2D eigenvalue weighted by Gasteiger charge is 2.29. The van der Waals surface area contributed by atoms with Crippen molar-refractivity contribution >= 4 is 40.7 Å². The Morgan fingerprint density at radius 3 is 2.33 bits per heavy atom. The Morgan fingerprint density at radius 1 is 0.939 bits per heavy atom. The van der Waals surface area contributed by atoms with Crippen molar-refractivity contribution in [3.05, 3.63) is 82.2 Å². The fraction of sp³-hybridized carbons (Fsp3) is 0.167. The minimum atomic E-state index is -0.502. The van der Waals surface area contributed by atoms with Crippen LogP contribution in [0.5, 0.6) is 0 Å². The number of nitrogens with zero attached hydrogens (tertiary/aromatic N) is 4. The Balaban J connectivity index is 1.34. The molecule has 9 heteroatoms. The zero-order chi connectivity index (χ0) is 23.3. The summed E-state index contributed by atoms with van der Waals surface area (Å²) >= 11 is 1.22. The van der Waals surface area contributed by atoms with E-state index in [0.717, 1.165) is 11.4 Å². The van der Waals surface area contributed by atoms with Crippen LogP contribution >= 0.6 is 11.8 Å². The average Bonchev–Trinajstić information content (AvgIpc) is 3.20. The van der Waals surface area contributed by atoms with Crippen LogP contribution in [0.2, 0.25) is 0 Å². The highest BCUT2D eigenvalue weighted by molar-refractivity contribution is 8.00. The van der Waals surface area contributed by atoms with Gasteiger partial charge in [0.05, 0.1) is 5.25 Å². The molecule has 33 heavy (non-hydrogen) atoms. The number of nitrogens with one attached hydrogen (secondary N) is 1. The molecule has 0 aliphatic heterocycles. The molecule has 8 nitrogen and oxygen atoms in total. The highest BCUT2D eigenvalue weighted by Crippen LogP contribution is 2.29. The number of anilines is 1. The molecule has 0 bridgehead atoms. The second-order valence-corrected chi connectivity index (χ2v) is 9.17. The van der Waals surface area contributed by atoms with Crippen molar-refractivity contribution in [1.82, 2.24) is 19.6 Å². The van der Waals surface area contributed by atoms with Gasteiger partial charge in [0.2, 0.25) is 11.1 Å². The van der Waals surface area contributed by atoms with Crippen LogP contribution in [0.25, 0.3) is 5.78 Å². The predicted molar refractivity (Wildman–Crippen MR) is 124 cm³/mol. The largest absolute Gasteiger partial charge is 0.325 e. The van der Waals surface area contributed by atoms with E-state index in [1.54, 1.807) is 53.9 Å². The van der Waals surface area contributed by atoms with Crippen LogP contribution in [0, 0.1) is 13.8 Å². The van der Waals surface area contributed by atoms with Crippen LogP contribution in [-0.2, 0) is 4.79 Å². The van der Waals surface area contributed by atoms with Gasteiger partial charge in [-0.2, -0.15) is 4.98 Å². The lowest BCUT2D eigenvalue weighted by atomic mass is 9.84. The summed E-state index contributed by atoms with van der Waals surface area (Å²) < 4.78 is 1.64. The van der Waals surface area contributed by atoms with Gasteiger partial charge in [0.25, 0.3) is 5.78 Å². The van der Waals surface area contributed by atoms with Gasteiger partial charge >= 0.3 is 0 Å². The van der Waals surface area contributed by atoms with E-state index >= 15 is 0 Å². The van der Waals surface area contributed by atoms with Crippen LogP contribution in [0.3, 0.4) is 0 Å². The molecule has 1 aliphatic rings. The average molecular weight is 458 g/mol. The van der Waals surface area contributed by atoms with Crippen LogP contribution in [0.15, 0.2) is 53.7 Å². The highest BCUT2D eigenvalue weighted by atomic mass is 32.2. The topological polar surface area (TPSA) is 106 Å². The van der Waals surface area contributed by atoms with Gasteiger partial charge in [-0.15, -0.1) is 5.10 Å². The zero-order valence-electron chi connectivity index (χ0n) is 18.1. The number of aromatic nitrogens is 4. The maximum Gasteiger partial charge on any atom is 0.253 e. The van der Waals surface area contributed by atoms with Gasteiger partial charge in [0.1, 0.15) is 0 Å². The maximum atomic E-state index is 12.9. The summed E-state index contributed by atoms with van der Waals surface area (Å²) in [7, 11) is 0. The molecule has 2 aromatic carbocycles. The molecule has 0 fully saturated rings. The number of fused-ring (bicyclic) bond motifs is 3. The number of hydrogen-bond acceptors (Lipinski definition) is 7. The fourth-order valence-electron chi connectivity index (χ4n) is 3.83. The number of amides is 1. The summed E-state index contributed by atoms with van der Waals surface area (Å²) in [6, 6.07) is 13.4. The van der Waals surface area contributed by atoms with E-state index in [4.69, 9.17) is 0 Å². The summed E-state index contributed by atoms with van der Waals surface area (Å²) in [5.41, 5.74) is 3.60. The molecule has 0 saturated carbocycles. The maximum absolute atomic E-state index is 12.9. The van der Waals surface area contributed by atoms with Gasteiger partial charge in [-0.05, 0) is 45.0 Å². The first kappa shape index (κ1) is 21.0. The van der Waals surface area contributed by atoms with Crippen molar-refractivity contribution in [3.8, 4) is 0 Å². The molecule has 4 aromatic rings. The van der Waals surface area contributed by atoms with E-state index in [2.05, 4.69) is 20.4 Å². The van der Waals surface area contributed by atoms with E-state index in [1.807, 2.05) is 19.9 Å². The first-order valence-electron chi connectivity index (χ1n) is 10.3. The number of hydrogen-bond donors (Lipinski definition) is 1. The number of carbonyl (C=O) groups is 3. The quantitative estimate of drug-likeness (QED) is 0.411. The number of carbonyl (C=O) groups excluding carboxylic acids is 3. The van der Waals surface area contributed by atoms with Gasteiger partial charge < -0.3 is 5.32 Å². The van der Waals surface area contributed by atoms with Crippen LogP contribution < -0.4 is 5.32 Å². The lowest BCUT2D eigenvalue weighted by Gasteiger charge is -2.18. The molecule has 5 rings (SSSR count). The van der Waals surface area contributed by atoms with E-state index in [1.165, 1.54) is 11.8 Å². The summed E-state index contributed by atoms with van der Waals surface area (Å²) in [6.45, 7) is 5.56. The first-order valence-corrected chi connectivity index (χ1v) is 11.2. The van der Waals surface area contributed by atoms with Gasteiger partial charge in [0.15, 0.2) is 11.6 Å². The number of aryl methyl sites for hydroxylation is 2. The second kappa shape index (κ2) is 7.93. The standard InChI is InChI=1S/C24H19N5O3S/c1-12-10-13(2)29-23(25-12)27-24(28-29)33-14(3)22(32)26-15-8-9-18-19(11-15)21(31)17-7-5-4-6-16(17)20(18)30/h4-11,14H,1-3H3,(H,26,32). The third-order valence-corrected chi connectivity index (χ3v) is 6.39. The predicted octanol–water partition coefficient (Wildman–Crippen LogP) is 3.64. The number of rotatable bonds is 4. The third-order valence-electron chi connectivity index (χ3n) is 5.44. The van der Waals surface area contributed by atoms with Crippen molar-refractivity contribution in [3.63, 3.8) is 0 Å².